The van der Waals surface area contributed by atoms with E-state index in [1.54, 1.807) is 0 Å². The normalized spacial score (nSPS) is 17.6. The summed E-state index contributed by atoms with van der Waals surface area (Å²) in [6.45, 7) is 3.71. The summed E-state index contributed by atoms with van der Waals surface area (Å²) in [7, 11) is 2.07. The number of pyridine rings is 1. The molecule has 1 atom stereocenters. The molecule has 2 rings (SSSR count). The van der Waals surface area contributed by atoms with Crippen LogP contribution in [0.3, 0.4) is 0 Å². The number of carbonyl (C=O) groups is 1. The molecule has 0 aromatic carbocycles. The van der Waals surface area contributed by atoms with E-state index in [9.17, 15) is 9.18 Å². The van der Waals surface area contributed by atoms with Crippen molar-refractivity contribution in [3.8, 4) is 0 Å². The first-order valence-corrected chi connectivity index (χ1v) is 7.40. The second-order valence-corrected chi connectivity index (χ2v) is 6.00. The van der Waals surface area contributed by atoms with Crippen molar-refractivity contribution < 1.29 is 9.18 Å². The Morgan fingerprint density at radius 3 is 2.75 bits per heavy atom. The van der Waals surface area contributed by atoms with Gasteiger partial charge in [-0.05, 0) is 37.9 Å². The van der Waals surface area contributed by atoms with Crippen molar-refractivity contribution >= 4 is 5.78 Å². The Hall–Kier alpha value is -1.29. The smallest absolute Gasteiger partial charge is 0.185 e. The summed E-state index contributed by atoms with van der Waals surface area (Å²) in [6, 6.07) is 2.75. The molecule has 1 aromatic heterocycles. The lowest BCUT2D eigenvalue weighted by Gasteiger charge is -2.23. The van der Waals surface area contributed by atoms with E-state index in [2.05, 4.69) is 16.9 Å². The van der Waals surface area contributed by atoms with Crippen LogP contribution in [-0.4, -0.2) is 35.8 Å². The number of halogens is 1. The zero-order valence-corrected chi connectivity index (χ0v) is 12.3. The van der Waals surface area contributed by atoms with Crippen molar-refractivity contribution in [1.29, 1.82) is 0 Å². The van der Waals surface area contributed by atoms with Gasteiger partial charge in [-0.25, -0.2) is 4.39 Å². The van der Waals surface area contributed by atoms with Gasteiger partial charge in [0.15, 0.2) is 5.78 Å². The summed E-state index contributed by atoms with van der Waals surface area (Å²) in [5.74, 6) is 0.251. The molecular weight excluding hydrogens is 255 g/mol. The number of Topliss-reactive ketones (excluding diaryl/α,β-unsaturated/α-hetero) is 1. The maximum atomic E-state index is 12.8. The fourth-order valence-corrected chi connectivity index (χ4v) is 3.03. The number of rotatable bonds is 6. The van der Waals surface area contributed by atoms with Crippen LogP contribution in [0.15, 0.2) is 18.3 Å². The molecule has 1 saturated carbocycles. The van der Waals surface area contributed by atoms with Crippen LogP contribution in [-0.2, 0) is 0 Å². The van der Waals surface area contributed by atoms with Gasteiger partial charge in [-0.15, -0.1) is 0 Å². The molecule has 3 nitrogen and oxygen atoms in total. The molecule has 1 unspecified atom stereocenters. The first-order valence-electron chi connectivity index (χ1n) is 7.40. The van der Waals surface area contributed by atoms with Gasteiger partial charge >= 0.3 is 0 Å². The first-order chi connectivity index (χ1) is 9.56. The lowest BCUT2D eigenvalue weighted by atomic mass is 10.0. The largest absolute Gasteiger partial charge is 0.305 e. The molecule has 0 radical (unpaired) electrons. The Labute approximate surface area is 120 Å². The molecule has 0 N–H and O–H groups in total. The number of nitrogens with zero attached hydrogens (tertiary/aromatic N) is 2. The van der Waals surface area contributed by atoms with E-state index in [-0.39, 0.29) is 11.7 Å². The van der Waals surface area contributed by atoms with E-state index in [0.717, 1.165) is 25.2 Å². The minimum absolute atomic E-state index is 0.0109. The Balaban J connectivity index is 1.85. The Kier molecular flexibility index (Phi) is 5.24. The monoisotopic (exact) mass is 278 g/mol. The second kappa shape index (κ2) is 6.93. The standard InChI is InChI=1S/C16H23FN2O/c1-12(10-19(2)11-13-5-3-4-6-13)16(20)15-8-7-14(17)9-18-15/h7-9,12-13H,3-6,10-11H2,1-2H3. The molecule has 20 heavy (non-hydrogen) atoms. The van der Waals surface area contributed by atoms with Crippen LogP contribution < -0.4 is 0 Å². The average Bonchev–Trinajstić information content (AvgIpc) is 2.91. The van der Waals surface area contributed by atoms with Gasteiger partial charge in [0.05, 0.1) is 6.20 Å². The summed E-state index contributed by atoms with van der Waals surface area (Å²) in [5, 5.41) is 0. The topological polar surface area (TPSA) is 33.2 Å². The van der Waals surface area contributed by atoms with Crippen molar-refractivity contribution in [2.24, 2.45) is 11.8 Å². The highest BCUT2D eigenvalue weighted by Gasteiger charge is 2.21. The zero-order valence-electron chi connectivity index (χ0n) is 12.3. The lowest BCUT2D eigenvalue weighted by molar-refractivity contribution is 0.0892. The Morgan fingerprint density at radius 1 is 1.45 bits per heavy atom. The van der Waals surface area contributed by atoms with E-state index in [0.29, 0.717) is 5.69 Å². The summed E-state index contributed by atoms with van der Waals surface area (Å²) < 4.78 is 12.8. The molecule has 0 bridgehead atoms. The lowest BCUT2D eigenvalue weighted by Crippen LogP contribution is -2.32. The molecule has 4 heteroatoms. The molecule has 1 aliphatic rings. The second-order valence-electron chi connectivity index (χ2n) is 6.00. The van der Waals surface area contributed by atoms with Gasteiger partial charge in [-0.3, -0.25) is 9.78 Å². The number of ketones is 1. The summed E-state index contributed by atoms with van der Waals surface area (Å²) >= 11 is 0. The molecule has 0 aliphatic heterocycles. The van der Waals surface area contributed by atoms with Gasteiger partial charge in [-0.1, -0.05) is 19.8 Å². The molecule has 1 aliphatic carbocycles. The van der Waals surface area contributed by atoms with Gasteiger partial charge < -0.3 is 4.90 Å². The minimum Gasteiger partial charge on any atom is -0.305 e. The van der Waals surface area contributed by atoms with Crippen LogP contribution in [0.25, 0.3) is 0 Å². The molecule has 1 aromatic rings. The molecule has 0 spiro atoms. The molecule has 110 valence electrons. The number of aromatic nitrogens is 1. The van der Waals surface area contributed by atoms with Crippen molar-refractivity contribution in [3.05, 3.63) is 29.8 Å². The fraction of sp³-hybridized carbons (Fsp3) is 0.625. The highest BCUT2D eigenvalue weighted by Crippen LogP contribution is 2.25. The van der Waals surface area contributed by atoms with Crippen LogP contribution >= 0.6 is 0 Å². The van der Waals surface area contributed by atoms with Crippen LogP contribution in [0.4, 0.5) is 4.39 Å². The third-order valence-electron chi connectivity index (χ3n) is 4.06. The van der Waals surface area contributed by atoms with Crippen molar-refractivity contribution in [2.75, 3.05) is 20.1 Å². The third kappa shape index (κ3) is 4.10. The average molecular weight is 278 g/mol. The molecule has 0 amide bonds. The molecular formula is C16H23FN2O. The minimum atomic E-state index is -0.410. The first kappa shape index (κ1) is 15.1. The highest BCUT2D eigenvalue weighted by atomic mass is 19.1. The van der Waals surface area contributed by atoms with Crippen LogP contribution in [0.5, 0.6) is 0 Å². The highest BCUT2D eigenvalue weighted by molar-refractivity contribution is 5.95. The number of hydrogen-bond acceptors (Lipinski definition) is 3. The fourth-order valence-electron chi connectivity index (χ4n) is 3.03. The zero-order chi connectivity index (χ0) is 14.5. The van der Waals surface area contributed by atoms with Gasteiger partial charge in [0.2, 0.25) is 0 Å². The number of carbonyl (C=O) groups excluding carboxylic acids is 1. The molecule has 0 saturated heterocycles. The van der Waals surface area contributed by atoms with Crippen LogP contribution in [0.2, 0.25) is 0 Å². The predicted molar refractivity (Wildman–Crippen MR) is 77.1 cm³/mol. The summed E-state index contributed by atoms with van der Waals surface area (Å²) in [4.78, 5) is 18.3. The van der Waals surface area contributed by atoms with Gasteiger partial charge in [0.25, 0.3) is 0 Å². The molecule has 1 fully saturated rings. The van der Waals surface area contributed by atoms with E-state index in [4.69, 9.17) is 0 Å². The van der Waals surface area contributed by atoms with E-state index in [1.807, 2.05) is 6.92 Å². The van der Waals surface area contributed by atoms with E-state index >= 15 is 0 Å². The van der Waals surface area contributed by atoms with Crippen molar-refractivity contribution in [2.45, 2.75) is 32.6 Å². The maximum absolute atomic E-state index is 12.8. The quantitative estimate of drug-likeness (QED) is 0.749. The SMILES string of the molecule is CC(CN(C)CC1CCCC1)C(=O)c1ccc(F)cn1. The maximum Gasteiger partial charge on any atom is 0.185 e. The van der Waals surface area contributed by atoms with Crippen LogP contribution in [0, 0.1) is 17.7 Å². The number of hydrogen-bond donors (Lipinski definition) is 0. The Bertz CT molecular complexity index is 440. The van der Waals surface area contributed by atoms with E-state index in [1.165, 1.54) is 37.8 Å². The van der Waals surface area contributed by atoms with Crippen molar-refractivity contribution in [1.82, 2.24) is 9.88 Å². The summed E-state index contributed by atoms with van der Waals surface area (Å²) in [5.41, 5.74) is 0.355. The third-order valence-corrected chi connectivity index (χ3v) is 4.06. The molecule has 1 heterocycles. The van der Waals surface area contributed by atoms with E-state index < -0.39 is 5.82 Å². The van der Waals surface area contributed by atoms with Gasteiger partial charge in [0, 0.05) is 19.0 Å². The van der Waals surface area contributed by atoms with Gasteiger partial charge in [-0.2, -0.15) is 0 Å². The van der Waals surface area contributed by atoms with Crippen molar-refractivity contribution in [3.63, 3.8) is 0 Å². The summed E-state index contributed by atoms with van der Waals surface area (Å²) in [6.07, 6.45) is 6.40. The van der Waals surface area contributed by atoms with Gasteiger partial charge in [0.1, 0.15) is 11.5 Å². The predicted octanol–water partition coefficient (Wildman–Crippen LogP) is 3.16. The van der Waals surface area contributed by atoms with Crippen LogP contribution in [0.1, 0.15) is 43.1 Å². The Morgan fingerprint density at radius 2 is 2.15 bits per heavy atom.